The van der Waals surface area contributed by atoms with Crippen LogP contribution in [0.25, 0.3) is 0 Å². The molecule has 0 amide bonds. The van der Waals surface area contributed by atoms with E-state index >= 15 is 0 Å². The summed E-state index contributed by atoms with van der Waals surface area (Å²) in [5.41, 5.74) is 5.74. The molecule has 0 aromatic rings. The Kier molecular flexibility index (Phi) is 3.76. The third kappa shape index (κ3) is 1.91. The van der Waals surface area contributed by atoms with E-state index in [1.165, 1.54) is 22.3 Å². The fraction of sp³-hybridized carbons (Fsp3) is 0.429. The van der Waals surface area contributed by atoms with Crippen LogP contribution in [0.15, 0.2) is 40.5 Å². The Labute approximate surface area is 112 Å². The molecular formula is C14H17Hf-. The van der Waals surface area contributed by atoms with Crippen molar-refractivity contribution in [2.75, 3.05) is 0 Å². The van der Waals surface area contributed by atoms with E-state index in [9.17, 15) is 0 Å². The minimum absolute atomic E-state index is 0. The summed E-state index contributed by atoms with van der Waals surface area (Å²) < 4.78 is 0. The van der Waals surface area contributed by atoms with E-state index in [0.717, 1.165) is 6.42 Å². The average Bonchev–Trinajstić information content (AvgIpc) is 2.73. The molecule has 1 unspecified atom stereocenters. The van der Waals surface area contributed by atoms with Gasteiger partial charge in [-0.1, -0.05) is 50.0 Å². The average molecular weight is 364 g/mol. The van der Waals surface area contributed by atoms with Gasteiger partial charge in [-0.25, -0.2) is 5.57 Å². The van der Waals surface area contributed by atoms with Crippen LogP contribution in [-0.2, 0) is 25.8 Å². The van der Waals surface area contributed by atoms with Crippen molar-refractivity contribution in [1.29, 1.82) is 0 Å². The Bertz CT molecular complexity index is 394. The van der Waals surface area contributed by atoms with Crippen LogP contribution in [0.3, 0.4) is 0 Å². The van der Waals surface area contributed by atoms with Gasteiger partial charge in [-0.2, -0.15) is 11.1 Å². The topological polar surface area (TPSA) is 0 Å². The van der Waals surface area contributed by atoms with Crippen molar-refractivity contribution in [3.8, 4) is 0 Å². The van der Waals surface area contributed by atoms with Crippen LogP contribution in [-0.4, -0.2) is 0 Å². The van der Waals surface area contributed by atoms with Gasteiger partial charge in [0, 0.05) is 25.8 Å². The monoisotopic (exact) mass is 365 g/mol. The largest absolute Gasteiger partial charge is 0.259 e. The van der Waals surface area contributed by atoms with Crippen LogP contribution in [0.1, 0.15) is 34.1 Å². The number of hydrogen-bond donors (Lipinski definition) is 0. The molecule has 0 radical (unpaired) electrons. The molecule has 2 aliphatic rings. The molecule has 0 spiro atoms. The summed E-state index contributed by atoms with van der Waals surface area (Å²) in [6.07, 6.45) is 11.3. The molecule has 0 nitrogen and oxygen atoms in total. The van der Waals surface area contributed by atoms with E-state index in [2.05, 4.69) is 52.0 Å². The van der Waals surface area contributed by atoms with Crippen molar-refractivity contribution in [2.45, 2.75) is 34.1 Å². The zero-order valence-corrected chi connectivity index (χ0v) is 13.5. The molecule has 0 bridgehead atoms. The Hall–Kier alpha value is -0.170. The summed E-state index contributed by atoms with van der Waals surface area (Å²) in [4.78, 5) is 0. The standard InChI is InChI=1S/C14H17.Hf/c1-10-9-14(4,12(3)11(10)2)13-7-5-6-8-13;/h5-7H,8H2,1-4H3;/q-1;. The summed E-state index contributed by atoms with van der Waals surface area (Å²) in [5, 5.41) is 0. The van der Waals surface area contributed by atoms with Gasteiger partial charge in [0.25, 0.3) is 0 Å². The van der Waals surface area contributed by atoms with Gasteiger partial charge in [-0.3, -0.25) is 6.08 Å². The Morgan fingerprint density at radius 1 is 1.27 bits per heavy atom. The Morgan fingerprint density at radius 3 is 2.33 bits per heavy atom. The molecular weight excluding hydrogens is 347 g/mol. The molecule has 15 heavy (non-hydrogen) atoms. The van der Waals surface area contributed by atoms with E-state index in [1.807, 2.05) is 0 Å². The SMILES string of the molecule is CC1=[C-]C(C)(C2=CC=CC2)C(C)=C1C.[Hf]. The molecule has 78 valence electrons. The second-order valence-corrected chi connectivity index (χ2v) is 4.45. The van der Waals surface area contributed by atoms with Gasteiger partial charge in [-0.15, -0.1) is 6.92 Å². The first-order valence-electron chi connectivity index (χ1n) is 5.22. The minimum atomic E-state index is 0. The van der Waals surface area contributed by atoms with Crippen LogP contribution < -0.4 is 0 Å². The zero-order chi connectivity index (χ0) is 10.3. The molecule has 0 aliphatic heterocycles. The molecule has 2 rings (SSSR count). The van der Waals surface area contributed by atoms with Crippen LogP contribution in [0.5, 0.6) is 0 Å². The van der Waals surface area contributed by atoms with Crippen molar-refractivity contribution in [1.82, 2.24) is 0 Å². The van der Waals surface area contributed by atoms with Gasteiger partial charge < -0.3 is 0 Å². The predicted octanol–water partition coefficient (Wildman–Crippen LogP) is 3.98. The normalized spacial score (nSPS) is 29.1. The van der Waals surface area contributed by atoms with Crippen molar-refractivity contribution >= 4 is 0 Å². The zero-order valence-electron chi connectivity index (χ0n) is 9.94. The molecule has 0 saturated carbocycles. The number of hydrogen-bond acceptors (Lipinski definition) is 0. The van der Waals surface area contributed by atoms with Gasteiger partial charge in [0.05, 0.1) is 0 Å². The summed E-state index contributed by atoms with van der Waals surface area (Å²) in [7, 11) is 0. The molecule has 1 atom stereocenters. The molecule has 0 N–H and O–H groups in total. The number of rotatable bonds is 1. The van der Waals surface area contributed by atoms with Crippen molar-refractivity contribution in [3.05, 3.63) is 46.6 Å². The van der Waals surface area contributed by atoms with Gasteiger partial charge in [-0.05, 0) is 6.42 Å². The Morgan fingerprint density at radius 2 is 1.93 bits per heavy atom. The van der Waals surface area contributed by atoms with E-state index < -0.39 is 0 Å². The molecule has 0 aromatic carbocycles. The quantitative estimate of drug-likeness (QED) is 0.488. The molecule has 0 saturated heterocycles. The summed E-state index contributed by atoms with van der Waals surface area (Å²) >= 11 is 0. The maximum Gasteiger partial charge on any atom is 0 e. The third-order valence-corrected chi connectivity index (χ3v) is 3.73. The van der Waals surface area contributed by atoms with E-state index in [4.69, 9.17) is 0 Å². The second kappa shape index (κ2) is 4.37. The first-order chi connectivity index (χ1) is 6.55. The summed E-state index contributed by atoms with van der Waals surface area (Å²) in [5.74, 6) is 0. The van der Waals surface area contributed by atoms with Gasteiger partial charge >= 0.3 is 0 Å². The summed E-state index contributed by atoms with van der Waals surface area (Å²) in [6, 6.07) is 0. The molecule has 0 aromatic heterocycles. The molecule has 1 heteroatoms. The van der Waals surface area contributed by atoms with E-state index in [1.54, 1.807) is 0 Å². The van der Waals surface area contributed by atoms with Gasteiger partial charge in [0.2, 0.25) is 0 Å². The number of allylic oxidation sites excluding steroid dienone is 8. The summed E-state index contributed by atoms with van der Waals surface area (Å²) in [6.45, 7) is 8.87. The van der Waals surface area contributed by atoms with Gasteiger partial charge in [0.1, 0.15) is 0 Å². The van der Waals surface area contributed by atoms with E-state index in [-0.39, 0.29) is 31.3 Å². The van der Waals surface area contributed by atoms with Crippen LogP contribution in [0.2, 0.25) is 0 Å². The fourth-order valence-electron chi connectivity index (χ4n) is 2.36. The maximum atomic E-state index is 3.61. The Balaban J connectivity index is 0.00000112. The molecule has 2 aliphatic carbocycles. The molecule has 0 fully saturated rings. The van der Waals surface area contributed by atoms with Crippen LogP contribution in [0, 0.1) is 11.5 Å². The van der Waals surface area contributed by atoms with Crippen molar-refractivity contribution in [2.24, 2.45) is 5.41 Å². The van der Waals surface area contributed by atoms with Crippen LogP contribution in [0.4, 0.5) is 0 Å². The first kappa shape index (κ1) is 12.9. The van der Waals surface area contributed by atoms with Crippen molar-refractivity contribution in [3.63, 3.8) is 0 Å². The van der Waals surface area contributed by atoms with Crippen LogP contribution >= 0.6 is 0 Å². The second-order valence-electron chi connectivity index (χ2n) is 4.45. The molecule has 0 heterocycles. The smallest absolute Gasteiger partial charge is 0 e. The predicted molar refractivity (Wildman–Crippen MR) is 60.8 cm³/mol. The first-order valence-corrected chi connectivity index (χ1v) is 5.22. The fourth-order valence-corrected chi connectivity index (χ4v) is 2.36. The maximum absolute atomic E-state index is 3.61. The van der Waals surface area contributed by atoms with Gasteiger partial charge in [0.15, 0.2) is 0 Å². The minimum Gasteiger partial charge on any atom is -0.259 e. The van der Waals surface area contributed by atoms with Crippen molar-refractivity contribution < 1.29 is 25.8 Å². The van der Waals surface area contributed by atoms with E-state index in [0.29, 0.717) is 0 Å². The third-order valence-electron chi connectivity index (χ3n) is 3.73.